The topological polar surface area (TPSA) is 61.1 Å². The average molecular weight is 281 g/mol. The van der Waals surface area contributed by atoms with E-state index in [1.54, 1.807) is 0 Å². The molecule has 2 aromatic rings. The first-order chi connectivity index (χ1) is 10.2. The van der Waals surface area contributed by atoms with Crippen molar-refractivity contribution < 1.29 is 9.90 Å². The van der Waals surface area contributed by atoms with Crippen molar-refractivity contribution in [1.29, 1.82) is 5.26 Å². The minimum Gasteiger partial charge on any atom is -0.481 e. The lowest BCUT2D eigenvalue weighted by Crippen LogP contribution is -1.96. The first-order valence-electron chi connectivity index (χ1n) is 6.89. The second-order valence-corrected chi connectivity index (χ2v) is 4.52. The van der Waals surface area contributed by atoms with Crippen molar-refractivity contribution in [2.75, 3.05) is 0 Å². The number of carboxylic acid groups (broad SMARTS) is 1. The Morgan fingerprint density at radius 2 is 1.38 bits per heavy atom. The number of rotatable bonds is 5. The SMILES string of the molecule is N#CCCc1ccccc1.O=C(O)CCc1ccccc1. The van der Waals surface area contributed by atoms with Gasteiger partial charge in [-0.2, -0.15) is 5.26 Å². The fourth-order valence-electron chi connectivity index (χ4n) is 1.74. The number of aliphatic carboxylic acids is 1. The summed E-state index contributed by atoms with van der Waals surface area (Å²) in [6.45, 7) is 0. The number of aryl methyl sites for hydroxylation is 2. The van der Waals surface area contributed by atoms with E-state index in [1.165, 1.54) is 5.56 Å². The van der Waals surface area contributed by atoms with E-state index < -0.39 is 5.97 Å². The number of benzene rings is 2. The summed E-state index contributed by atoms with van der Waals surface area (Å²) in [5.41, 5.74) is 2.32. The van der Waals surface area contributed by atoms with Gasteiger partial charge in [0.15, 0.2) is 0 Å². The summed E-state index contributed by atoms with van der Waals surface area (Å²) in [5.74, 6) is -0.742. The van der Waals surface area contributed by atoms with E-state index in [9.17, 15) is 4.79 Å². The van der Waals surface area contributed by atoms with Gasteiger partial charge in [0.25, 0.3) is 0 Å². The van der Waals surface area contributed by atoms with E-state index in [2.05, 4.69) is 6.07 Å². The summed E-state index contributed by atoms with van der Waals surface area (Å²) in [6.07, 6.45) is 2.32. The van der Waals surface area contributed by atoms with Crippen LogP contribution in [0.1, 0.15) is 24.0 Å². The smallest absolute Gasteiger partial charge is 0.303 e. The number of carbonyl (C=O) groups is 1. The zero-order valence-corrected chi connectivity index (χ0v) is 11.9. The summed E-state index contributed by atoms with van der Waals surface area (Å²) in [7, 11) is 0. The molecule has 3 heteroatoms. The van der Waals surface area contributed by atoms with Gasteiger partial charge in [0.05, 0.1) is 6.07 Å². The lowest BCUT2D eigenvalue weighted by Gasteiger charge is -1.95. The molecule has 21 heavy (non-hydrogen) atoms. The van der Waals surface area contributed by atoms with Crippen LogP contribution in [-0.4, -0.2) is 11.1 Å². The normalized spacial score (nSPS) is 9.10. The van der Waals surface area contributed by atoms with Gasteiger partial charge in [0.1, 0.15) is 0 Å². The van der Waals surface area contributed by atoms with Crippen LogP contribution in [0.4, 0.5) is 0 Å². The largest absolute Gasteiger partial charge is 0.481 e. The standard InChI is InChI=1S/C9H9N.C9H10O2/c10-8-4-7-9-5-2-1-3-6-9;10-9(11)7-6-8-4-2-1-3-5-8/h1-3,5-6H,4,7H2;1-5H,6-7H2,(H,10,11). The van der Waals surface area contributed by atoms with E-state index in [0.29, 0.717) is 12.8 Å². The van der Waals surface area contributed by atoms with E-state index in [4.69, 9.17) is 10.4 Å². The molecular weight excluding hydrogens is 262 g/mol. The lowest BCUT2D eigenvalue weighted by atomic mass is 10.1. The Morgan fingerprint density at radius 1 is 0.905 bits per heavy atom. The molecule has 2 aromatic carbocycles. The van der Waals surface area contributed by atoms with Gasteiger partial charge in [-0.05, 0) is 24.0 Å². The third-order valence-corrected chi connectivity index (χ3v) is 2.84. The summed E-state index contributed by atoms with van der Waals surface area (Å²) >= 11 is 0. The lowest BCUT2D eigenvalue weighted by molar-refractivity contribution is -0.136. The molecule has 0 amide bonds. The second-order valence-electron chi connectivity index (χ2n) is 4.52. The molecule has 0 aliphatic rings. The highest BCUT2D eigenvalue weighted by Gasteiger charge is 1.96. The molecule has 0 aromatic heterocycles. The molecule has 0 bridgehead atoms. The van der Waals surface area contributed by atoms with Crippen molar-refractivity contribution in [2.24, 2.45) is 0 Å². The predicted octanol–water partition coefficient (Wildman–Crippen LogP) is 3.85. The third-order valence-electron chi connectivity index (χ3n) is 2.84. The van der Waals surface area contributed by atoms with Crippen molar-refractivity contribution in [2.45, 2.75) is 25.7 Å². The Labute approximate surface area is 125 Å². The molecule has 0 fully saturated rings. The number of hydrogen-bond acceptors (Lipinski definition) is 2. The molecule has 0 aliphatic carbocycles. The van der Waals surface area contributed by atoms with Gasteiger partial charge in [0, 0.05) is 12.8 Å². The first-order valence-corrected chi connectivity index (χ1v) is 6.89. The van der Waals surface area contributed by atoms with Crippen molar-refractivity contribution in [3.63, 3.8) is 0 Å². The molecule has 0 aliphatic heterocycles. The Balaban J connectivity index is 0.000000211. The summed E-state index contributed by atoms with van der Waals surface area (Å²) in [5, 5.41) is 16.7. The first kappa shape index (κ1) is 16.5. The van der Waals surface area contributed by atoms with Gasteiger partial charge in [0.2, 0.25) is 0 Å². The summed E-state index contributed by atoms with van der Waals surface area (Å²) in [6, 6.07) is 21.8. The van der Waals surface area contributed by atoms with E-state index in [1.807, 2.05) is 60.7 Å². The Bertz CT molecular complexity index is 559. The molecule has 0 saturated carbocycles. The number of nitrogens with zero attached hydrogens (tertiary/aromatic N) is 1. The van der Waals surface area contributed by atoms with Gasteiger partial charge in [-0.3, -0.25) is 4.79 Å². The molecular formula is C18H19NO2. The van der Waals surface area contributed by atoms with Crippen LogP contribution in [0.5, 0.6) is 0 Å². The zero-order chi connectivity index (χ0) is 15.3. The van der Waals surface area contributed by atoms with E-state index >= 15 is 0 Å². The molecule has 0 unspecified atom stereocenters. The van der Waals surface area contributed by atoms with Crippen molar-refractivity contribution >= 4 is 5.97 Å². The highest BCUT2D eigenvalue weighted by Crippen LogP contribution is 2.01. The minimum atomic E-state index is -0.742. The van der Waals surface area contributed by atoms with Crippen molar-refractivity contribution in [3.05, 3.63) is 71.8 Å². The monoisotopic (exact) mass is 281 g/mol. The van der Waals surface area contributed by atoms with Crippen LogP contribution in [0.3, 0.4) is 0 Å². The molecule has 3 nitrogen and oxygen atoms in total. The average Bonchev–Trinajstić information content (AvgIpc) is 2.53. The molecule has 2 rings (SSSR count). The van der Waals surface area contributed by atoms with Crippen LogP contribution >= 0.6 is 0 Å². The maximum atomic E-state index is 10.2. The quantitative estimate of drug-likeness (QED) is 0.905. The van der Waals surface area contributed by atoms with Gasteiger partial charge in [-0.1, -0.05) is 60.7 Å². The maximum Gasteiger partial charge on any atom is 0.303 e. The van der Waals surface area contributed by atoms with Crippen molar-refractivity contribution in [3.8, 4) is 6.07 Å². The molecule has 0 heterocycles. The van der Waals surface area contributed by atoms with Gasteiger partial charge in [-0.15, -0.1) is 0 Å². The number of carboxylic acids is 1. The molecule has 0 radical (unpaired) electrons. The molecule has 0 saturated heterocycles. The van der Waals surface area contributed by atoms with Gasteiger partial charge in [-0.25, -0.2) is 0 Å². The predicted molar refractivity (Wildman–Crippen MR) is 82.8 cm³/mol. The number of nitriles is 1. The van der Waals surface area contributed by atoms with Gasteiger partial charge < -0.3 is 5.11 Å². The summed E-state index contributed by atoms with van der Waals surface area (Å²) < 4.78 is 0. The maximum absolute atomic E-state index is 10.2. The molecule has 108 valence electrons. The third kappa shape index (κ3) is 8.22. The highest BCUT2D eigenvalue weighted by atomic mass is 16.4. The minimum absolute atomic E-state index is 0.212. The van der Waals surface area contributed by atoms with E-state index in [0.717, 1.165) is 12.0 Å². The van der Waals surface area contributed by atoms with Crippen molar-refractivity contribution in [1.82, 2.24) is 0 Å². The molecule has 0 atom stereocenters. The van der Waals surface area contributed by atoms with Crippen LogP contribution in [0.25, 0.3) is 0 Å². The Morgan fingerprint density at radius 3 is 1.81 bits per heavy atom. The fraction of sp³-hybridized carbons (Fsp3) is 0.222. The van der Waals surface area contributed by atoms with E-state index in [-0.39, 0.29) is 6.42 Å². The molecule has 1 N–H and O–H groups in total. The van der Waals surface area contributed by atoms with Crippen LogP contribution in [0.15, 0.2) is 60.7 Å². The van der Waals surface area contributed by atoms with Crippen LogP contribution in [-0.2, 0) is 17.6 Å². The zero-order valence-electron chi connectivity index (χ0n) is 11.9. The highest BCUT2D eigenvalue weighted by molar-refractivity contribution is 5.67. The van der Waals surface area contributed by atoms with Crippen LogP contribution in [0.2, 0.25) is 0 Å². The summed E-state index contributed by atoms with van der Waals surface area (Å²) in [4.78, 5) is 10.2. The fourth-order valence-corrected chi connectivity index (χ4v) is 1.74. The number of hydrogen-bond donors (Lipinski definition) is 1. The van der Waals surface area contributed by atoms with Crippen LogP contribution < -0.4 is 0 Å². The molecule has 0 spiro atoms. The Kier molecular flexibility index (Phi) is 8.01. The van der Waals surface area contributed by atoms with Gasteiger partial charge >= 0.3 is 5.97 Å². The second kappa shape index (κ2) is 10.2. The van der Waals surface area contributed by atoms with Crippen LogP contribution in [0, 0.1) is 11.3 Å². The Hall–Kier alpha value is -2.60.